The molecule has 80 valence electrons. The lowest BCUT2D eigenvalue weighted by Crippen LogP contribution is -2.39. The average molecular weight is 201 g/mol. The third-order valence-electron chi connectivity index (χ3n) is 2.14. The second kappa shape index (κ2) is 5.59. The van der Waals surface area contributed by atoms with Gasteiger partial charge in [-0.05, 0) is 19.3 Å². The molecule has 0 aromatic heterocycles. The molecule has 0 spiro atoms. The lowest BCUT2D eigenvalue weighted by molar-refractivity contribution is -0.153. The van der Waals surface area contributed by atoms with Gasteiger partial charge in [0.1, 0.15) is 0 Å². The van der Waals surface area contributed by atoms with E-state index in [2.05, 4.69) is 10.1 Å². The van der Waals surface area contributed by atoms with E-state index in [1.807, 2.05) is 0 Å². The van der Waals surface area contributed by atoms with Gasteiger partial charge in [0.2, 0.25) is 0 Å². The summed E-state index contributed by atoms with van der Waals surface area (Å²) in [5, 5.41) is 2.46. The fourth-order valence-electron chi connectivity index (χ4n) is 1.34. The Kier molecular flexibility index (Phi) is 4.39. The molecule has 1 N–H and O–H groups in total. The summed E-state index contributed by atoms with van der Waals surface area (Å²) in [7, 11) is 1.18. The Balaban J connectivity index is 2.18. The molecule has 1 unspecified atom stereocenters. The molecule has 0 aliphatic carbocycles. The SMILES string of the molecule is COC(=O)C(=O)NCC1CCCCO1. The summed E-state index contributed by atoms with van der Waals surface area (Å²) >= 11 is 0. The van der Waals surface area contributed by atoms with E-state index in [0.717, 1.165) is 25.9 Å². The maximum Gasteiger partial charge on any atom is 0.396 e. The van der Waals surface area contributed by atoms with Crippen molar-refractivity contribution < 1.29 is 19.1 Å². The van der Waals surface area contributed by atoms with Gasteiger partial charge in [-0.1, -0.05) is 0 Å². The molecule has 0 bridgehead atoms. The van der Waals surface area contributed by atoms with Crippen molar-refractivity contribution in [3.63, 3.8) is 0 Å². The van der Waals surface area contributed by atoms with E-state index in [1.54, 1.807) is 0 Å². The number of hydrogen-bond acceptors (Lipinski definition) is 4. The van der Waals surface area contributed by atoms with Gasteiger partial charge in [-0.3, -0.25) is 4.79 Å². The Hall–Kier alpha value is -1.10. The number of amides is 1. The molecule has 1 aliphatic rings. The molecule has 5 heteroatoms. The Morgan fingerprint density at radius 2 is 2.29 bits per heavy atom. The van der Waals surface area contributed by atoms with Crippen molar-refractivity contribution in [3.05, 3.63) is 0 Å². The van der Waals surface area contributed by atoms with Gasteiger partial charge in [-0.25, -0.2) is 4.79 Å². The average Bonchev–Trinajstić information content (AvgIpc) is 2.26. The Morgan fingerprint density at radius 1 is 1.50 bits per heavy atom. The van der Waals surface area contributed by atoms with E-state index < -0.39 is 11.9 Å². The van der Waals surface area contributed by atoms with Crippen molar-refractivity contribution in [3.8, 4) is 0 Å². The first-order valence-corrected chi connectivity index (χ1v) is 4.72. The van der Waals surface area contributed by atoms with Crippen LogP contribution in [0.15, 0.2) is 0 Å². The van der Waals surface area contributed by atoms with Crippen molar-refractivity contribution in [2.45, 2.75) is 25.4 Å². The standard InChI is InChI=1S/C9H15NO4/c1-13-9(12)8(11)10-6-7-4-2-3-5-14-7/h7H,2-6H2,1H3,(H,10,11). The summed E-state index contributed by atoms with van der Waals surface area (Å²) in [5.74, 6) is -1.57. The van der Waals surface area contributed by atoms with Gasteiger partial charge < -0.3 is 14.8 Å². The summed E-state index contributed by atoms with van der Waals surface area (Å²) in [4.78, 5) is 21.7. The normalized spacial score (nSPS) is 21.4. The van der Waals surface area contributed by atoms with Gasteiger partial charge >= 0.3 is 11.9 Å². The minimum absolute atomic E-state index is 0.0392. The monoisotopic (exact) mass is 201 g/mol. The van der Waals surface area contributed by atoms with Gasteiger partial charge in [-0.15, -0.1) is 0 Å². The van der Waals surface area contributed by atoms with E-state index >= 15 is 0 Å². The highest BCUT2D eigenvalue weighted by Gasteiger charge is 2.18. The summed E-state index contributed by atoms with van der Waals surface area (Å²) in [6, 6.07) is 0. The maximum atomic E-state index is 11.0. The molecular weight excluding hydrogens is 186 g/mol. The van der Waals surface area contributed by atoms with E-state index in [0.29, 0.717) is 6.54 Å². The van der Waals surface area contributed by atoms with E-state index in [1.165, 1.54) is 7.11 Å². The Morgan fingerprint density at radius 3 is 2.86 bits per heavy atom. The van der Waals surface area contributed by atoms with Gasteiger partial charge in [0.05, 0.1) is 13.2 Å². The molecule has 1 saturated heterocycles. The summed E-state index contributed by atoms with van der Waals surface area (Å²) in [5.41, 5.74) is 0. The van der Waals surface area contributed by atoms with E-state index in [9.17, 15) is 9.59 Å². The first-order valence-electron chi connectivity index (χ1n) is 4.72. The van der Waals surface area contributed by atoms with Crippen molar-refractivity contribution in [2.24, 2.45) is 0 Å². The highest BCUT2D eigenvalue weighted by atomic mass is 16.5. The number of ether oxygens (including phenoxy) is 2. The van der Waals surface area contributed by atoms with Crippen LogP contribution in [-0.2, 0) is 19.1 Å². The van der Waals surface area contributed by atoms with Crippen LogP contribution in [0.2, 0.25) is 0 Å². The molecule has 1 atom stereocenters. The number of methoxy groups -OCH3 is 1. The van der Waals surface area contributed by atoms with E-state index in [-0.39, 0.29) is 6.10 Å². The maximum absolute atomic E-state index is 11.0. The second-order valence-electron chi connectivity index (χ2n) is 3.19. The molecule has 1 rings (SSSR count). The van der Waals surface area contributed by atoms with Crippen molar-refractivity contribution >= 4 is 11.9 Å². The molecule has 0 aromatic rings. The fourth-order valence-corrected chi connectivity index (χ4v) is 1.34. The molecule has 1 amide bonds. The minimum Gasteiger partial charge on any atom is -0.462 e. The molecule has 1 fully saturated rings. The van der Waals surface area contributed by atoms with Gasteiger partial charge in [0.25, 0.3) is 0 Å². The number of nitrogens with one attached hydrogen (secondary N) is 1. The zero-order valence-electron chi connectivity index (χ0n) is 8.25. The smallest absolute Gasteiger partial charge is 0.396 e. The first-order chi connectivity index (χ1) is 6.74. The highest BCUT2D eigenvalue weighted by molar-refractivity contribution is 6.32. The van der Waals surface area contributed by atoms with Crippen LogP contribution in [0.4, 0.5) is 0 Å². The summed E-state index contributed by atoms with van der Waals surface area (Å²) in [6.07, 6.45) is 3.15. The van der Waals surface area contributed by atoms with Crippen LogP contribution in [0.5, 0.6) is 0 Å². The van der Waals surface area contributed by atoms with Crippen LogP contribution in [-0.4, -0.2) is 38.2 Å². The highest BCUT2D eigenvalue weighted by Crippen LogP contribution is 2.11. The third-order valence-corrected chi connectivity index (χ3v) is 2.14. The summed E-state index contributed by atoms with van der Waals surface area (Å²) in [6.45, 7) is 1.12. The number of hydrogen-bond donors (Lipinski definition) is 1. The Bertz CT molecular complexity index is 211. The molecule has 1 aliphatic heterocycles. The van der Waals surface area contributed by atoms with Crippen LogP contribution in [0.3, 0.4) is 0 Å². The van der Waals surface area contributed by atoms with Crippen molar-refractivity contribution in [1.82, 2.24) is 5.32 Å². The predicted molar refractivity (Wildman–Crippen MR) is 48.6 cm³/mol. The molecule has 0 aromatic carbocycles. The Labute approximate surface area is 82.8 Å². The fraction of sp³-hybridized carbons (Fsp3) is 0.778. The zero-order chi connectivity index (χ0) is 10.4. The minimum atomic E-state index is -0.860. The number of rotatable bonds is 2. The molecule has 5 nitrogen and oxygen atoms in total. The molecule has 14 heavy (non-hydrogen) atoms. The van der Waals surface area contributed by atoms with Crippen LogP contribution >= 0.6 is 0 Å². The quantitative estimate of drug-likeness (QED) is 0.498. The molecule has 0 radical (unpaired) electrons. The van der Waals surface area contributed by atoms with Crippen molar-refractivity contribution in [1.29, 1.82) is 0 Å². The van der Waals surface area contributed by atoms with Crippen LogP contribution in [0.25, 0.3) is 0 Å². The lowest BCUT2D eigenvalue weighted by atomic mass is 10.1. The number of esters is 1. The van der Waals surface area contributed by atoms with Gasteiger partial charge in [0.15, 0.2) is 0 Å². The van der Waals surface area contributed by atoms with Crippen LogP contribution < -0.4 is 5.32 Å². The van der Waals surface area contributed by atoms with Crippen molar-refractivity contribution in [2.75, 3.05) is 20.3 Å². The largest absolute Gasteiger partial charge is 0.462 e. The lowest BCUT2D eigenvalue weighted by Gasteiger charge is -2.22. The number of carbonyl (C=O) groups excluding carboxylic acids is 2. The zero-order valence-corrected chi connectivity index (χ0v) is 8.25. The van der Waals surface area contributed by atoms with Gasteiger partial charge in [0, 0.05) is 13.2 Å². The molecular formula is C9H15NO4. The third kappa shape index (κ3) is 3.33. The van der Waals surface area contributed by atoms with E-state index in [4.69, 9.17) is 4.74 Å². The van der Waals surface area contributed by atoms with Gasteiger partial charge in [-0.2, -0.15) is 0 Å². The predicted octanol–water partition coefficient (Wildman–Crippen LogP) is -0.155. The first kappa shape index (κ1) is 11.0. The molecule has 1 heterocycles. The number of carbonyl (C=O) groups is 2. The topological polar surface area (TPSA) is 64.6 Å². The molecule has 0 saturated carbocycles. The second-order valence-corrected chi connectivity index (χ2v) is 3.19. The van der Waals surface area contributed by atoms with Crippen LogP contribution in [0.1, 0.15) is 19.3 Å². The van der Waals surface area contributed by atoms with Crippen LogP contribution in [0, 0.1) is 0 Å². The summed E-state index contributed by atoms with van der Waals surface area (Å²) < 4.78 is 9.63.